The van der Waals surface area contributed by atoms with Gasteiger partial charge < -0.3 is 9.64 Å². The number of likely N-dealkylation sites (N-methyl/N-ethyl adjacent to an activating group) is 1. The van der Waals surface area contributed by atoms with E-state index in [2.05, 4.69) is 25.8 Å². The van der Waals surface area contributed by atoms with Crippen LogP contribution in [-0.2, 0) is 4.74 Å². The Morgan fingerprint density at radius 1 is 1.33 bits per heavy atom. The lowest BCUT2D eigenvalue weighted by atomic mass is 10.2. The summed E-state index contributed by atoms with van der Waals surface area (Å²) < 4.78 is 5.66. The van der Waals surface area contributed by atoms with Crippen molar-refractivity contribution in [3.05, 3.63) is 0 Å². The molecule has 0 N–H and O–H groups in total. The molecular formula is C10H23NO. The predicted octanol–water partition coefficient (Wildman–Crippen LogP) is 2.14. The lowest BCUT2D eigenvalue weighted by Crippen LogP contribution is -2.44. The van der Waals surface area contributed by atoms with Crippen LogP contribution in [0.25, 0.3) is 0 Å². The van der Waals surface area contributed by atoms with Crippen LogP contribution in [0.4, 0.5) is 0 Å². The van der Waals surface area contributed by atoms with Crippen molar-refractivity contribution in [3.63, 3.8) is 0 Å². The summed E-state index contributed by atoms with van der Waals surface area (Å²) in [5.74, 6) is 0. The lowest BCUT2D eigenvalue weighted by Gasteiger charge is -2.33. The smallest absolute Gasteiger partial charge is 0.0703 e. The molecule has 0 spiro atoms. The Morgan fingerprint density at radius 2 is 1.92 bits per heavy atom. The molecule has 0 aromatic carbocycles. The second kappa shape index (κ2) is 6.44. The second-order valence-electron chi connectivity index (χ2n) is 3.20. The van der Waals surface area contributed by atoms with Gasteiger partial charge >= 0.3 is 0 Å². The fourth-order valence-corrected chi connectivity index (χ4v) is 1.50. The minimum Gasteiger partial charge on any atom is -0.373 e. The van der Waals surface area contributed by atoms with Gasteiger partial charge in [0.05, 0.1) is 12.2 Å². The molecule has 0 aliphatic carbocycles. The maximum atomic E-state index is 5.66. The van der Waals surface area contributed by atoms with Crippen LogP contribution >= 0.6 is 0 Å². The maximum absolute atomic E-state index is 5.66. The highest BCUT2D eigenvalue weighted by atomic mass is 16.5. The third-order valence-corrected chi connectivity index (χ3v) is 1.96. The van der Waals surface area contributed by atoms with E-state index in [4.69, 9.17) is 4.74 Å². The minimum absolute atomic E-state index is 0.420. The van der Waals surface area contributed by atoms with Crippen LogP contribution in [0.2, 0.25) is 0 Å². The zero-order valence-corrected chi connectivity index (χ0v) is 9.13. The monoisotopic (exact) mass is 173 g/mol. The topological polar surface area (TPSA) is 12.5 Å². The Morgan fingerprint density at radius 3 is 2.33 bits per heavy atom. The fraction of sp³-hybridized carbons (Fsp3) is 1.00. The normalized spacial score (nSPS) is 30.8. The number of nitrogens with zero attached hydrogens (tertiary/aromatic N) is 1. The van der Waals surface area contributed by atoms with Crippen LogP contribution < -0.4 is 0 Å². The van der Waals surface area contributed by atoms with Crippen LogP contribution in [0.15, 0.2) is 0 Å². The van der Waals surface area contributed by atoms with Crippen LogP contribution in [0.3, 0.4) is 0 Å². The van der Waals surface area contributed by atoms with Crippen LogP contribution in [0, 0.1) is 0 Å². The van der Waals surface area contributed by atoms with Gasteiger partial charge in [-0.1, -0.05) is 20.8 Å². The van der Waals surface area contributed by atoms with Gasteiger partial charge in [-0.2, -0.15) is 0 Å². The third-order valence-electron chi connectivity index (χ3n) is 1.96. The van der Waals surface area contributed by atoms with E-state index in [1.54, 1.807) is 0 Å². The molecule has 12 heavy (non-hydrogen) atoms. The minimum atomic E-state index is 0.420. The van der Waals surface area contributed by atoms with Crippen molar-refractivity contribution >= 4 is 0 Å². The van der Waals surface area contributed by atoms with Crippen molar-refractivity contribution < 1.29 is 4.74 Å². The first-order chi connectivity index (χ1) is 5.72. The van der Waals surface area contributed by atoms with Crippen LogP contribution in [0.5, 0.6) is 0 Å². The molecule has 1 saturated heterocycles. The molecule has 2 atom stereocenters. The molecule has 1 fully saturated rings. The van der Waals surface area contributed by atoms with Crippen LogP contribution in [0.1, 0.15) is 34.1 Å². The summed E-state index contributed by atoms with van der Waals surface area (Å²) in [7, 11) is 2.15. The molecule has 2 heteroatoms. The van der Waals surface area contributed by atoms with Gasteiger partial charge in [0.1, 0.15) is 0 Å². The van der Waals surface area contributed by atoms with Crippen molar-refractivity contribution in [1.29, 1.82) is 0 Å². The summed E-state index contributed by atoms with van der Waals surface area (Å²) in [4.78, 5) is 2.34. The fourth-order valence-electron chi connectivity index (χ4n) is 1.50. The molecule has 0 aromatic rings. The van der Waals surface area contributed by atoms with Gasteiger partial charge in [-0.3, -0.25) is 0 Å². The van der Waals surface area contributed by atoms with E-state index in [1.807, 2.05) is 13.8 Å². The summed E-state index contributed by atoms with van der Waals surface area (Å²) in [5, 5.41) is 0. The average molecular weight is 173 g/mol. The van der Waals surface area contributed by atoms with E-state index in [9.17, 15) is 0 Å². The van der Waals surface area contributed by atoms with E-state index >= 15 is 0 Å². The zero-order chi connectivity index (χ0) is 9.56. The molecular weight excluding hydrogens is 150 g/mol. The maximum Gasteiger partial charge on any atom is 0.0703 e. The Labute approximate surface area is 76.9 Å². The molecule has 1 heterocycles. The third kappa shape index (κ3) is 4.07. The SMILES string of the molecule is CC.CCC1CN(C)CC(C)O1. The van der Waals surface area contributed by atoms with Gasteiger partial charge in [0.2, 0.25) is 0 Å². The van der Waals surface area contributed by atoms with Gasteiger partial charge in [0, 0.05) is 13.1 Å². The molecule has 0 radical (unpaired) electrons. The zero-order valence-electron chi connectivity index (χ0n) is 9.13. The van der Waals surface area contributed by atoms with Crippen molar-refractivity contribution in [1.82, 2.24) is 4.90 Å². The van der Waals surface area contributed by atoms with E-state index in [-0.39, 0.29) is 0 Å². The Bertz CT molecular complexity index is 96.0. The molecule has 2 nitrogen and oxygen atoms in total. The van der Waals surface area contributed by atoms with Gasteiger partial charge in [-0.25, -0.2) is 0 Å². The van der Waals surface area contributed by atoms with Gasteiger partial charge in [0.15, 0.2) is 0 Å². The molecule has 0 aromatic heterocycles. The number of morpholine rings is 1. The van der Waals surface area contributed by atoms with Crippen molar-refractivity contribution in [2.75, 3.05) is 20.1 Å². The quantitative estimate of drug-likeness (QED) is 0.602. The summed E-state index contributed by atoms with van der Waals surface area (Å²) in [6.45, 7) is 10.5. The van der Waals surface area contributed by atoms with E-state index < -0.39 is 0 Å². The van der Waals surface area contributed by atoms with E-state index in [1.165, 1.54) is 0 Å². The Kier molecular flexibility index (Phi) is 6.39. The first kappa shape index (κ1) is 11.9. The summed E-state index contributed by atoms with van der Waals surface area (Å²) in [5.41, 5.74) is 0. The lowest BCUT2D eigenvalue weighted by molar-refractivity contribution is -0.0703. The summed E-state index contributed by atoms with van der Waals surface area (Å²) >= 11 is 0. The highest BCUT2D eigenvalue weighted by Gasteiger charge is 2.20. The van der Waals surface area contributed by atoms with E-state index in [0.717, 1.165) is 19.5 Å². The highest BCUT2D eigenvalue weighted by molar-refractivity contribution is 4.71. The van der Waals surface area contributed by atoms with Gasteiger partial charge in [0.25, 0.3) is 0 Å². The Balaban J connectivity index is 0.000000561. The largest absolute Gasteiger partial charge is 0.373 e. The number of ether oxygens (including phenoxy) is 1. The molecule has 74 valence electrons. The predicted molar refractivity (Wildman–Crippen MR) is 53.5 cm³/mol. The molecule has 2 unspecified atom stereocenters. The second-order valence-corrected chi connectivity index (χ2v) is 3.20. The average Bonchev–Trinajstić information content (AvgIpc) is 2.06. The Hall–Kier alpha value is -0.0800. The summed E-state index contributed by atoms with van der Waals surface area (Å²) in [6, 6.07) is 0. The molecule has 1 aliphatic heterocycles. The van der Waals surface area contributed by atoms with Gasteiger partial charge in [-0.15, -0.1) is 0 Å². The highest BCUT2D eigenvalue weighted by Crippen LogP contribution is 2.10. The van der Waals surface area contributed by atoms with Crippen molar-refractivity contribution in [3.8, 4) is 0 Å². The molecule has 0 amide bonds. The first-order valence-electron chi connectivity index (χ1n) is 5.06. The molecule has 0 bridgehead atoms. The number of hydrogen-bond acceptors (Lipinski definition) is 2. The first-order valence-corrected chi connectivity index (χ1v) is 5.06. The molecule has 0 saturated carbocycles. The number of rotatable bonds is 1. The standard InChI is InChI=1S/C8H17NO.C2H6/c1-4-8-6-9(3)5-7(2)10-8;1-2/h7-8H,4-6H2,1-3H3;1-2H3. The van der Waals surface area contributed by atoms with Crippen molar-refractivity contribution in [2.24, 2.45) is 0 Å². The van der Waals surface area contributed by atoms with Crippen molar-refractivity contribution in [2.45, 2.75) is 46.3 Å². The number of hydrogen-bond donors (Lipinski definition) is 0. The van der Waals surface area contributed by atoms with Crippen LogP contribution in [-0.4, -0.2) is 37.2 Å². The van der Waals surface area contributed by atoms with E-state index in [0.29, 0.717) is 12.2 Å². The molecule has 1 aliphatic rings. The van der Waals surface area contributed by atoms with Gasteiger partial charge in [-0.05, 0) is 20.4 Å². The summed E-state index contributed by atoms with van der Waals surface area (Å²) in [6.07, 6.45) is 2.02. The molecule has 1 rings (SSSR count).